The normalized spacial score (nSPS) is 13.0. The Hall–Kier alpha value is -1.49. The Bertz CT molecular complexity index is 611. The van der Waals surface area contributed by atoms with Crippen molar-refractivity contribution in [3.8, 4) is 0 Å². The molecule has 118 valence electrons. The summed E-state index contributed by atoms with van der Waals surface area (Å²) in [4.78, 5) is 0. The van der Waals surface area contributed by atoms with Gasteiger partial charge in [-0.15, -0.1) is 0 Å². The van der Waals surface area contributed by atoms with Gasteiger partial charge in [0.2, 0.25) is 0 Å². The van der Waals surface area contributed by atoms with E-state index in [1.807, 2.05) is 55.5 Å². The number of para-hydroxylation sites is 1. The molecule has 0 saturated heterocycles. The summed E-state index contributed by atoms with van der Waals surface area (Å²) in [7, 11) is 0. The first-order valence-corrected chi connectivity index (χ1v) is 7.79. The zero-order valence-corrected chi connectivity index (χ0v) is 13.7. The molecule has 1 N–H and O–H groups in total. The largest absolute Gasteiger partial charge is 0.389 e. The first-order chi connectivity index (χ1) is 10.3. The fraction of sp³-hybridized carbons (Fsp3) is 0.294. The summed E-state index contributed by atoms with van der Waals surface area (Å²) in [5.41, 5.74) is 2.67. The van der Waals surface area contributed by atoms with E-state index >= 15 is 0 Å². The number of benzene rings is 2. The van der Waals surface area contributed by atoms with Gasteiger partial charge in [-0.2, -0.15) is 13.2 Å². The molecule has 22 heavy (non-hydrogen) atoms. The molecule has 0 aliphatic carbocycles. The maximum atomic E-state index is 12.6. The van der Waals surface area contributed by atoms with Crippen LogP contribution in [0.25, 0.3) is 0 Å². The third kappa shape index (κ3) is 5.05. The molecule has 0 bridgehead atoms. The molecule has 0 aromatic heterocycles. The summed E-state index contributed by atoms with van der Waals surface area (Å²) in [6.07, 6.45) is -4.96. The van der Waals surface area contributed by atoms with E-state index in [-0.39, 0.29) is 12.5 Å². The minimum Gasteiger partial charge on any atom is -0.378 e. The predicted molar refractivity (Wildman–Crippen MR) is 87.0 cm³/mol. The fourth-order valence-electron chi connectivity index (χ4n) is 2.38. The lowest BCUT2D eigenvalue weighted by Gasteiger charge is -2.23. The quantitative estimate of drug-likeness (QED) is 0.654. The molecule has 2 rings (SSSR count). The Balaban J connectivity index is 2.24. The summed E-state index contributed by atoms with van der Waals surface area (Å²) >= 11 is 3.38. The number of nitrogens with one attached hydrogen (secondary N) is 1. The minimum atomic E-state index is -4.15. The average Bonchev–Trinajstić information content (AvgIpc) is 2.44. The van der Waals surface area contributed by atoms with Crippen molar-refractivity contribution in [2.24, 2.45) is 0 Å². The van der Waals surface area contributed by atoms with Crippen molar-refractivity contribution in [3.05, 3.63) is 64.1 Å². The molecular weight excluding hydrogens is 355 g/mol. The highest BCUT2D eigenvalue weighted by Crippen LogP contribution is 2.32. The second-order valence-electron chi connectivity index (χ2n) is 5.22. The maximum absolute atomic E-state index is 12.6. The highest BCUT2D eigenvalue weighted by atomic mass is 79.9. The van der Waals surface area contributed by atoms with Gasteiger partial charge in [-0.05, 0) is 48.7 Å². The lowest BCUT2D eigenvalue weighted by atomic mass is 9.97. The van der Waals surface area contributed by atoms with Crippen molar-refractivity contribution in [1.29, 1.82) is 0 Å². The van der Waals surface area contributed by atoms with Crippen LogP contribution in [-0.2, 0) is 0 Å². The minimum absolute atomic E-state index is 0.000860. The fourth-order valence-corrected chi connectivity index (χ4v) is 2.85. The van der Waals surface area contributed by atoms with Gasteiger partial charge in [0.05, 0.1) is 6.04 Å². The number of aryl methyl sites for hydroxylation is 1. The van der Waals surface area contributed by atoms with Crippen LogP contribution in [0.15, 0.2) is 53.0 Å². The monoisotopic (exact) mass is 371 g/mol. The molecule has 1 nitrogen and oxygen atoms in total. The summed E-state index contributed by atoms with van der Waals surface area (Å²) < 4.78 is 38.7. The molecule has 1 unspecified atom stereocenters. The van der Waals surface area contributed by atoms with E-state index in [1.165, 1.54) is 0 Å². The smallest absolute Gasteiger partial charge is 0.378 e. The molecule has 2 aromatic carbocycles. The zero-order chi connectivity index (χ0) is 16.2. The third-order valence-electron chi connectivity index (χ3n) is 3.44. The van der Waals surface area contributed by atoms with Crippen LogP contribution in [0.2, 0.25) is 0 Å². The Morgan fingerprint density at radius 1 is 1.09 bits per heavy atom. The molecule has 2 aromatic rings. The van der Waals surface area contributed by atoms with Crippen LogP contribution in [-0.4, -0.2) is 6.18 Å². The third-order valence-corrected chi connectivity index (χ3v) is 3.93. The first kappa shape index (κ1) is 16.9. The van der Waals surface area contributed by atoms with Gasteiger partial charge < -0.3 is 5.32 Å². The molecule has 0 amide bonds. The van der Waals surface area contributed by atoms with Gasteiger partial charge in [0.25, 0.3) is 0 Å². The molecule has 0 heterocycles. The van der Waals surface area contributed by atoms with Crippen LogP contribution in [0.5, 0.6) is 0 Å². The predicted octanol–water partition coefficient (Wildman–Crippen LogP) is 6.25. The molecule has 0 saturated carbocycles. The van der Waals surface area contributed by atoms with E-state index < -0.39 is 12.6 Å². The van der Waals surface area contributed by atoms with Gasteiger partial charge >= 0.3 is 6.18 Å². The SMILES string of the molecule is Cc1cc(Br)ccc1C(CCC(F)(F)F)Nc1ccccc1. The van der Waals surface area contributed by atoms with E-state index in [0.717, 1.165) is 21.3 Å². The van der Waals surface area contributed by atoms with Gasteiger partial charge in [-0.25, -0.2) is 0 Å². The molecule has 5 heteroatoms. The van der Waals surface area contributed by atoms with Gasteiger partial charge in [-0.1, -0.05) is 40.2 Å². The maximum Gasteiger partial charge on any atom is 0.389 e. The Labute approximate surface area is 136 Å². The molecule has 0 aliphatic heterocycles. The lowest BCUT2D eigenvalue weighted by molar-refractivity contribution is -0.136. The summed E-state index contributed by atoms with van der Waals surface area (Å²) in [6, 6.07) is 14.6. The highest BCUT2D eigenvalue weighted by Gasteiger charge is 2.29. The second-order valence-corrected chi connectivity index (χ2v) is 6.13. The number of hydrogen-bond donors (Lipinski definition) is 1. The zero-order valence-electron chi connectivity index (χ0n) is 12.1. The number of alkyl halides is 3. The van der Waals surface area contributed by atoms with Crippen LogP contribution in [0.1, 0.15) is 30.0 Å². The van der Waals surface area contributed by atoms with E-state index in [0.29, 0.717) is 0 Å². The standard InChI is InChI=1S/C17H17BrF3N/c1-12-11-13(18)7-8-15(12)16(9-10-17(19,20)21)22-14-5-3-2-4-6-14/h2-8,11,16,22H,9-10H2,1H3. The highest BCUT2D eigenvalue weighted by molar-refractivity contribution is 9.10. The summed E-state index contributed by atoms with van der Waals surface area (Å²) in [6.45, 7) is 1.91. The first-order valence-electron chi connectivity index (χ1n) is 6.99. The summed E-state index contributed by atoms with van der Waals surface area (Å²) in [5, 5.41) is 3.21. The van der Waals surface area contributed by atoms with Crippen LogP contribution < -0.4 is 5.32 Å². The van der Waals surface area contributed by atoms with Crippen LogP contribution >= 0.6 is 15.9 Å². The average molecular weight is 372 g/mol. The van der Waals surface area contributed by atoms with E-state index in [1.54, 1.807) is 0 Å². The Kier molecular flexibility index (Phi) is 5.51. The molecule has 0 aliphatic rings. The van der Waals surface area contributed by atoms with E-state index in [9.17, 15) is 13.2 Å². The van der Waals surface area contributed by atoms with Crippen molar-refractivity contribution in [2.75, 3.05) is 5.32 Å². The van der Waals surface area contributed by atoms with Crippen molar-refractivity contribution < 1.29 is 13.2 Å². The molecule has 0 spiro atoms. The van der Waals surface area contributed by atoms with Crippen LogP contribution in [0.4, 0.5) is 18.9 Å². The van der Waals surface area contributed by atoms with E-state index in [4.69, 9.17) is 0 Å². The second kappa shape index (κ2) is 7.18. The number of rotatable bonds is 5. The van der Waals surface area contributed by atoms with Crippen molar-refractivity contribution in [1.82, 2.24) is 0 Å². The molecular formula is C17H17BrF3N. The Morgan fingerprint density at radius 3 is 2.36 bits per heavy atom. The van der Waals surface area contributed by atoms with Gasteiger partial charge in [0.1, 0.15) is 0 Å². The van der Waals surface area contributed by atoms with Crippen LogP contribution in [0, 0.1) is 6.92 Å². The van der Waals surface area contributed by atoms with Crippen LogP contribution in [0.3, 0.4) is 0 Å². The lowest BCUT2D eigenvalue weighted by Crippen LogP contribution is -2.16. The number of hydrogen-bond acceptors (Lipinski definition) is 1. The Morgan fingerprint density at radius 2 is 1.77 bits per heavy atom. The number of anilines is 1. The van der Waals surface area contributed by atoms with Gasteiger partial charge in [0.15, 0.2) is 0 Å². The molecule has 1 atom stereocenters. The summed E-state index contributed by atoms with van der Waals surface area (Å²) in [5.74, 6) is 0. The van der Waals surface area contributed by atoms with Crippen molar-refractivity contribution in [3.63, 3.8) is 0 Å². The van der Waals surface area contributed by atoms with Crippen molar-refractivity contribution >= 4 is 21.6 Å². The molecule has 0 radical (unpaired) electrons. The molecule has 0 fully saturated rings. The van der Waals surface area contributed by atoms with E-state index in [2.05, 4.69) is 21.2 Å². The van der Waals surface area contributed by atoms with Gasteiger partial charge in [-0.3, -0.25) is 0 Å². The topological polar surface area (TPSA) is 12.0 Å². The number of halogens is 4. The van der Waals surface area contributed by atoms with Gasteiger partial charge in [0, 0.05) is 16.6 Å². The van der Waals surface area contributed by atoms with Crippen molar-refractivity contribution in [2.45, 2.75) is 32.0 Å².